The Morgan fingerprint density at radius 3 is 2.13 bits per heavy atom. The monoisotopic (exact) mass is 526 g/mol. The fraction of sp³-hybridized carbons (Fsp3) is 0.464. The van der Waals surface area contributed by atoms with Gasteiger partial charge >= 0.3 is 11.9 Å². The number of nitrogens with zero attached hydrogens (tertiary/aromatic N) is 1. The zero-order valence-electron chi connectivity index (χ0n) is 21.2. The molecule has 2 heterocycles. The second kappa shape index (κ2) is 12.7. The predicted octanol–water partition coefficient (Wildman–Crippen LogP) is 2.03. The average Bonchev–Trinajstić information content (AvgIpc) is 3.57. The molecular formula is C28H34N2O8. The summed E-state index contributed by atoms with van der Waals surface area (Å²) in [6.07, 6.45) is 3.91. The van der Waals surface area contributed by atoms with Gasteiger partial charge < -0.3 is 35.0 Å². The van der Waals surface area contributed by atoms with Crippen molar-refractivity contribution >= 4 is 17.8 Å². The molecule has 0 spiro atoms. The van der Waals surface area contributed by atoms with Crippen LogP contribution in [0.2, 0.25) is 0 Å². The summed E-state index contributed by atoms with van der Waals surface area (Å²) >= 11 is 0. The molecule has 1 fully saturated rings. The molecule has 2 atom stereocenters. The molecule has 38 heavy (non-hydrogen) atoms. The summed E-state index contributed by atoms with van der Waals surface area (Å²) in [4.78, 5) is 33.5. The molecule has 2 aliphatic heterocycles. The van der Waals surface area contributed by atoms with Crippen LogP contribution in [0.3, 0.4) is 0 Å². The SMILES string of the molecule is O=C(CC1Cc2ccccc2C1)N[C@H](CN1CCCC1)[C@H](O)c1ccc2c(c1)OCCO2.O=C(O)C(=O)O. The molecule has 0 bridgehead atoms. The number of rotatable bonds is 7. The number of ether oxygens (including phenoxy) is 2. The number of likely N-dealkylation sites (tertiary alicyclic amines) is 1. The van der Waals surface area contributed by atoms with Gasteiger partial charge in [-0.25, -0.2) is 9.59 Å². The third-order valence-electron chi connectivity index (χ3n) is 7.08. The fourth-order valence-electron chi connectivity index (χ4n) is 5.27. The third kappa shape index (κ3) is 7.23. The molecule has 4 N–H and O–H groups in total. The Morgan fingerprint density at radius 2 is 1.53 bits per heavy atom. The van der Waals surface area contributed by atoms with Gasteiger partial charge in [0.15, 0.2) is 11.5 Å². The van der Waals surface area contributed by atoms with Crippen molar-refractivity contribution in [2.45, 2.75) is 44.2 Å². The van der Waals surface area contributed by atoms with Crippen molar-refractivity contribution in [1.29, 1.82) is 0 Å². The highest BCUT2D eigenvalue weighted by Crippen LogP contribution is 2.34. The van der Waals surface area contributed by atoms with Crippen molar-refractivity contribution in [3.63, 3.8) is 0 Å². The van der Waals surface area contributed by atoms with Gasteiger partial charge in [-0.1, -0.05) is 30.3 Å². The van der Waals surface area contributed by atoms with Gasteiger partial charge in [-0.15, -0.1) is 0 Å². The first-order chi connectivity index (χ1) is 18.3. The third-order valence-corrected chi connectivity index (χ3v) is 7.08. The first kappa shape index (κ1) is 27.4. The van der Waals surface area contributed by atoms with Crippen LogP contribution in [-0.2, 0) is 27.2 Å². The summed E-state index contributed by atoms with van der Waals surface area (Å²) < 4.78 is 11.3. The number of aliphatic hydroxyl groups is 1. The van der Waals surface area contributed by atoms with E-state index in [9.17, 15) is 9.90 Å². The lowest BCUT2D eigenvalue weighted by Gasteiger charge is -2.29. The van der Waals surface area contributed by atoms with Gasteiger partial charge in [0.25, 0.3) is 0 Å². The number of aliphatic hydroxyl groups excluding tert-OH is 1. The van der Waals surface area contributed by atoms with Crippen LogP contribution in [0, 0.1) is 5.92 Å². The average molecular weight is 527 g/mol. The van der Waals surface area contributed by atoms with Gasteiger partial charge in [-0.2, -0.15) is 0 Å². The molecule has 0 saturated carbocycles. The maximum atomic E-state index is 13.0. The minimum absolute atomic E-state index is 0.0172. The minimum Gasteiger partial charge on any atom is -0.486 e. The van der Waals surface area contributed by atoms with Crippen LogP contribution in [0.5, 0.6) is 11.5 Å². The predicted molar refractivity (Wildman–Crippen MR) is 137 cm³/mol. The van der Waals surface area contributed by atoms with Gasteiger partial charge in [0, 0.05) is 13.0 Å². The standard InChI is InChI=1S/C26H32N2O4.C2H2O4/c29-25(15-18-13-19-5-1-2-6-20(19)14-18)27-22(17-28-9-3-4-10-28)26(30)21-7-8-23-24(16-21)32-12-11-31-23;3-1(4)2(5)6/h1-2,5-8,16,18,22,26,30H,3-4,9-15,17H2,(H,27,29);(H,3,4)(H,5,6)/t22-,26-;/m1./s1. The second-order valence-corrected chi connectivity index (χ2v) is 9.89. The van der Waals surface area contributed by atoms with Crippen molar-refractivity contribution in [1.82, 2.24) is 10.2 Å². The van der Waals surface area contributed by atoms with Crippen LogP contribution in [0.25, 0.3) is 0 Å². The number of carboxylic acids is 2. The maximum Gasteiger partial charge on any atom is 0.414 e. The van der Waals surface area contributed by atoms with Crippen molar-refractivity contribution < 1.29 is 39.2 Å². The topological polar surface area (TPSA) is 146 Å². The van der Waals surface area contributed by atoms with Gasteiger partial charge in [-0.05, 0) is 73.5 Å². The van der Waals surface area contributed by atoms with E-state index in [0.717, 1.165) is 31.5 Å². The first-order valence-electron chi connectivity index (χ1n) is 12.9. The maximum absolute atomic E-state index is 13.0. The Hall–Kier alpha value is -3.63. The molecule has 0 unspecified atom stereocenters. The van der Waals surface area contributed by atoms with E-state index in [1.807, 2.05) is 18.2 Å². The van der Waals surface area contributed by atoms with E-state index in [1.165, 1.54) is 24.0 Å². The number of carbonyl (C=O) groups is 3. The number of carboxylic acid groups (broad SMARTS) is 2. The summed E-state index contributed by atoms with van der Waals surface area (Å²) in [5.41, 5.74) is 3.46. The molecule has 1 saturated heterocycles. The lowest BCUT2D eigenvalue weighted by Crippen LogP contribution is -2.47. The quantitative estimate of drug-likeness (QED) is 0.398. The van der Waals surface area contributed by atoms with Crippen molar-refractivity contribution in [3.05, 3.63) is 59.2 Å². The molecule has 0 aromatic heterocycles. The molecule has 5 rings (SSSR count). The van der Waals surface area contributed by atoms with Gasteiger partial charge in [0.05, 0.1) is 6.04 Å². The molecule has 1 aliphatic carbocycles. The van der Waals surface area contributed by atoms with E-state index in [2.05, 4.69) is 34.5 Å². The molecule has 10 nitrogen and oxygen atoms in total. The van der Waals surface area contributed by atoms with Gasteiger partial charge in [-0.3, -0.25) is 4.79 Å². The number of hydrogen-bond acceptors (Lipinski definition) is 7. The summed E-state index contributed by atoms with van der Waals surface area (Å²) in [6, 6.07) is 13.6. The number of nitrogens with one attached hydrogen (secondary N) is 1. The molecule has 2 aromatic rings. The number of aliphatic carboxylic acids is 2. The van der Waals surface area contributed by atoms with E-state index in [-0.39, 0.29) is 11.9 Å². The molecule has 2 aromatic carbocycles. The van der Waals surface area contributed by atoms with Crippen LogP contribution in [0.1, 0.15) is 42.1 Å². The Morgan fingerprint density at radius 1 is 0.921 bits per heavy atom. The van der Waals surface area contributed by atoms with E-state index >= 15 is 0 Å². The van der Waals surface area contributed by atoms with E-state index < -0.39 is 18.0 Å². The molecule has 0 radical (unpaired) electrons. The normalized spacial score (nSPS) is 18.0. The van der Waals surface area contributed by atoms with E-state index in [0.29, 0.717) is 43.6 Å². The van der Waals surface area contributed by atoms with Crippen molar-refractivity contribution in [3.8, 4) is 11.5 Å². The van der Waals surface area contributed by atoms with E-state index in [1.54, 1.807) is 0 Å². The summed E-state index contributed by atoms with van der Waals surface area (Å²) in [6.45, 7) is 3.71. The van der Waals surface area contributed by atoms with Crippen LogP contribution < -0.4 is 14.8 Å². The largest absolute Gasteiger partial charge is 0.486 e. The van der Waals surface area contributed by atoms with Gasteiger partial charge in [0.2, 0.25) is 5.91 Å². The lowest BCUT2D eigenvalue weighted by atomic mass is 9.98. The minimum atomic E-state index is -1.82. The van der Waals surface area contributed by atoms with Gasteiger partial charge in [0.1, 0.15) is 19.3 Å². The molecular weight excluding hydrogens is 492 g/mol. The van der Waals surface area contributed by atoms with Crippen LogP contribution in [0.4, 0.5) is 0 Å². The van der Waals surface area contributed by atoms with Crippen LogP contribution >= 0.6 is 0 Å². The summed E-state index contributed by atoms with van der Waals surface area (Å²) in [5, 5.41) is 29.2. The second-order valence-electron chi connectivity index (χ2n) is 9.89. The zero-order chi connectivity index (χ0) is 27.1. The molecule has 1 amide bonds. The first-order valence-corrected chi connectivity index (χ1v) is 12.9. The number of hydrogen-bond donors (Lipinski definition) is 4. The highest BCUT2D eigenvalue weighted by atomic mass is 16.6. The highest BCUT2D eigenvalue weighted by Gasteiger charge is 2.30. The number of amides is 1. The Bertz CT molecular complexity index is 1110. The fourth-order valence-corrected chi connectivity index (χ4v) is 5.27. The number of benzene rings is 2. The Kier molecular flexibility index (Phi) is 9.19. The molecule has 10 heteroatoms. The smallest absolute Gasteiger partial charge is 0.414 e. The van der Waals surface area contributed by atoms with E-state index in [4.69, 9.17) is 29.3 Å². The van der Waals surface area contributed by atoms with Crippen molar-refractivity contribution in [2.75, 3.05) is 32.8 Å². The molecule has 3 aliphatic rings. The number of fused-ring (bicyclic) bond motifs is 2. The molecule has 204 valence electrons. The Labute approximate surface area is 221 Å². The zero-order valence-corrected chi connectivity index (χ0v) is 21.2. The summed E-state index contributed by atoms with van der Waals surface area (Å²) in [5.74, 6) is -1.95. The van der Waals surface area contributed by atoms with Crippen molar-refractivity contribution in [2.24, 2.45) is 5.92 Å². The highest BCUT2D eigenvalue weighted by molar-refractivity contribution is 6.27. The Balaban J connectivity index is 0.000000505. The van der Waals surface area contributed by atoms with Crippen LogP contribution in [0.15, 0.2) is 42.5 Å². The lowest BCUT2D eigenvalue weighted by molar-refractivity contribution is -0.159. The summed E-state index contributed by atoms with van der Waals surface area (Å²) in [7, 11) is 0. The van der Waals surface area contributed by atoms with Crippen LogP contribution in [-0.4, -0.2) is 77.0 Å². The number of carbonyl (C=O) groups excluding carboxylic acids is 1.